The van der Waals surface area contributed by atoms with Crippen LogP contribution in [0.3, 0.4) is 0 Å². The lowest BCUT2D eigenvalue weighted by Crippen LogP contribution is -2.31. The summed E-state index contributed by atoms with van der Waals surface area (Å²) < 4.78 is 51.8. The first-order valence-corrected chi connectivity index (χ1v) is 7.97. The van der Waals surface area contributed by atoms with Crippen molar-refractivity contribution in [1.82, 2.24) is 14.5 Å². The Balaban J connectivity index is 0.00000264. The Morgan fingerprint density at radius 2 is 1.91 bits per heavy atom. The Kier molecular flexibility index (Phi) is 7.07. The maximum absolute atomic E-state index is 12.2. The van der Waals surface area contributed by atoms with Gasteiger partial charge in [-0.05, 0) is 5.56 Å². The normalized spacial score (nSPS) is 12.9. The van der Waals surface area contributed by atoms with E-state index in [1.807, 2.05) is 6.07 Å². The van der Waals surface area contributed by atoms with Crippen molar-refractivity contribution in [2.24, 2.45) is 5.73 Å². The number of rotatable bonds is 7. The van der Waals surface area contributed by atoms with Gasteiger partial charge < -0.3 is 5.73 Å². The van der Waals surface area contributed by atoms with E-state index in [-0.39, 0.29) is 23.8 Å². The molecule has 0 fully saturated rings. The van der Waals surface area contributed by atoms with Crippen LogP contribution in [-0.4, -0.2) is 31.2 Å². The van der Waals surface area contributed by atoms with Gasteiger partial charge in [0.25, 0.3) is 6.43 Å². The van der Waals surface area contributed by atoms with Gasteiger partial charge in [0.15, 0.2) is 0 Å². The molecule has 3 N–H and O–H groups in total. The highest BCUT2D eigenvalue weighted by molar-refractivity contribution is 7.89. The minimum absolute atomic E-state index is 0. The fraction of sp³-hybridized carbons (Fsp3) is 0.308. The third kappa shape index (κ3) is 5.54. The lowest BCUT2D eigenvalue weighted by atomic mass is 10.1. The van der Waals surface area contributed by atoms with E-state index in [1.165, 1.54) is 0 Å². The first-order valence-electron chi connectivity index (χ1n) is 6.49. The molecule has 6 nitrogen and oxygen atoms in total. The summed E-state index contributed by atoms with van der Waals surface area (Å²) >= 11 is 0. The van der Waals surface area contributed by atoms with Gasteiger partial charge in [-0.1, -0.05) is 30.3 Å². The minimum Gasteiger partial charge on any atom is -0.323 e. The first-order chi connectivity index (χ1) is 10.4. The maximum Gasteiger partial charge on any atom is 0.257 e. The molecule has 0 saturated carbocycles. The van der Waals surface area contributed by atoms with Crippen molar-refractivity contribution in [1.29, 1.82) is 0 Å². The van der Waals surface area contributed by atoms with E-state index in [1.54, 1.807) is 24.3 Å². The van der Waals surface area contributed by atoms with E-state index in [9.17, 15) is 17.2 Å². The summed E-state index contributed by atoms with van der Waals surface area (Å²) in [6.45, 7) is -0.661. The van der Waals surface area contributed by atoms with Gasteiger partial charge >= 0.3 is 0 Å². The standard InChI is InChI=1S/C13H16F2N4O2S.ClH/c14-13(15)9-19-8-11(6-17-19)22(20,21)18-7-12(16)10-4-2-1-3-5-10;/h1-6,8,12-13,18H,7,9,16H2;1H. The van der Waals surface area contributed by atoms with E-state index >= 15 is 0 Å². The molecule has 23 heavy (non-hydrogen) atoms. The molecule has 10 heteroatoms. The van der Waals surface area contributed by atoms with Crippen LogP contribution in [0, 0.1) is 0 Å². The average Bonchev–Trinajstić information content (AvgIpc) is 2.94. The number of benzene rings is 1. The van der Waals surface area contributed by atoms with E-state index < -0.39 is 29.0 Å². The number of nitrogens with zero attached hydrogens (tertiary/aromatic N) is 2. The van der Waals surface area contributed by atoms with Gasteiger partial charge in [-0.2, -0.15) is 5.10 Å². The zero-order valence-electron chi connectivity index (χ0n) is 12.0. The number of hydrogen-bond donors (Lipinski definition) is 2. The van der Waals surface area contributed by atoms with Gasteiger partial charge in [0.1, 0.15) is 11.4 Å². The lowest BCUT2D eigenvalue weighted by Gasteiger charge is -2.12. The zero-order valence-corrected chi connectivity index (χ0v) is 13.6. The molecule has 0 amide bonds. The van der Waals surface area contributed by atoms with Gasteiger partial charge in [-0.15, -0.1) is 12.4 Å². The summed E-state index contributed by atoms with van der Waals surface area (Å²) in [6.07, 6.45) is -0.517. The van der Waals surface area contributed by atoms with Crippen molar-refractivity contribution in [3.63, 3.8) is 0 Å². The first kappa shape index (κ1) is 19.5. The summed E-state index contributed by atoms with van der Waals surface area (Å²) in [5.74, 6) is 0. The van der Waals surface area contributed by atoms with Crippen LogP contribution in [0.4, 0.5) is 8.78 Å². The molecular formula is C13H17ClF2N4O2S. The molecule has 1 unspecified atom stereocenters. The largest absolute Gasteiger partial charge is 0.323 e. The van der Waals surface area contributed by atoms with Crippen LogP contribution >= 0.6 is 12.4 Å². The SMILES string of the molecule is Cl.NC(CNS(=O)(=O)c1cnn(CC(F)F)c1)c1ccccc1. The second-order valence-electron chi connectivity index (χ2n) is 4.66. The van der Waals surface area contributed by atoms with Crippen molar-refractivity contribution in [2.45, 2.75) is 23.9 Å². The van der Waals surface area contributed by atoms with Crippen molar-refractivity contribution in [2.75, 3.05) is 6.54 Å². The third-order valence-electron chi connectivity index (χ3n) is 2.97. The second kappa shape index (κ2) is 8.34. The molecule has 0 radical (unpaired) electrons. The second-order valence-corrected chi connectivity index (χ2v) is 6.43. The molecule has 1 atom stereocenters. The summed E-state index contributed by atoms with van der Waals surface area (Å²) in [4.78, 5) is -0.173. The molecule has 0 spiro atoms. The Hall–Kier alpha value is -1.55. The molecular weight excluding hydrogens is 350 g/mol. The molecule has 0 aliphatic heterocycles. The number of hydrogen-bond acceptors (Lipinski definition) is 4. The molecule has 2 rings (SSSR count). The zero-order chi connectivity index (χ0) is 16.2. The smallest absolute Gasteiger partial charge is 0.257 e. The molecule has 2 aromatic rings. The van der Waals surface area contributed by atoms with Gasteiger partial charge in [0.2, 0.25) is 10.0 Å². The van der Waals surface area contributed by atoms with Crippen LogP contribution in [0.1, 0.15) is 11.6 Å². The number of halogens is 3. The number of aromatic nitrogens is 2. The van der Waals surface area contributed by atoms with Crippen LogP contribution < -0.4 is 10.5 Å². The number of nitrogens with two attached hydrogens (primary N) is 1. The van der Waals surface area contributed by atoms with Crippen molar-refractivity contribution >= 4 is 22.4 Å². The van der Waals surface area contributed by atoms with E-state index in [4.69, 9.17) is 5.73 Å². The maximum atomic E-state index is 12.2. The fourth-order valence-corrected chi connectivity index (χ4v) is 2.84. The molecule has 128 valence electrons. The Morgan fingerprint density at radius 1 is 1.26 bits per heavy atom. The van der Waals surface area contributed by atoms with Crippen LogP contribution in [0.15, 0.2) is 47.6 Å². The third-order valence-corrected chi connectivity index (χ3v) is 4.34. The predicted molar refractivity (Wildman–Crippen MR) is 84.0 cm³/mol. The highest BCUT2D eigenvalue weighted by Crippen LogP contribution is 2.12. The van der Waals surface area contributed by atoms with E-state index in [0.29, 0.717) is 0 Å². The van der Waals surface area contributed by atoms with Crippen LogP contribution in [0.2, 0.25) is 0 Å². The number of alkyl halides is 2. The summed E-state index contributed by atoms with van der Waals surface area (Å²) in [5, 5.41) is 3.59. The molecule has 1 aromatic carbocycles. The van der Waals surface area contributed by atoms with Crippen molar-refractivity contribution < 1.29 is 17.2 Å². The Labute approximate surface area is 139 Å². The van der Waals surface area contributed by atoms with Gasteiger partial charge in [-0.25, -0.2) is 21.9 Å². The summed E-state index contributed by atoms with van der Waals surface area (Å²) in [7, 11) is -3.84. The van der Waals surface area contributed by atoms with E-state index in [0.717, 1.165) is 22.6 Å². The number of sulfonamides is 1. The highest BCUT2D eigenvalue weighted by Gasteiger charge is 2.18. The van der Waals surface area contributed by atoms with Crippen LogP contribution in [0.5, 0.6) is 0 Å². The number of nitrogens with one attached hydrogen (secondary N) is 1. The van der Waals surface area contributed by atoms with Crippen LogP contribution in [0.25, 0.3) is 0 Å². The summed E-state index contributed by atoms with van der Waals surface area (Å²) in [6, 6.07) is 8.51. The van der Waals surface area contributed by atoms with Gasteiger partial charge in [-0.3, -0.25) is 4.68 Å². The average molecular weight is 367 g/mol. The molecule has 0 aliphatic rings. The van der Waals surface area contributed by atoms with Crippen molar-refractivity contribution in [3.05, 3.63) is 48.3 Å². The monoisotopic (exact) mass is 366 g/mol. The Bertz CT molecular complexity index is 710. The van der Waals surface area contributed by atoms with Gasteiger partial charge in [0, 0.05) is 18.8 Å². The van der Waals surface area contributed by atoms with Crippen molar-refractivity contribution in [3.8, 4) is 0 Å². The quantitative estimate of drug-likeness (QED) is 0.778. The van der Waals surface area contributed by atoms with Gasteiger partial charge in [0.05, 0.1) is 6.20 Å². The fourth-order valence-electron chi connectivity index (χ4n) is 1.83. The predicted octanol–water partition coefficient (Wildman–Crippen LogP) is 1.55. The minimum atomic E-state index is -3.84. The Morgan fingerprint density at radius 3 is 2.52 bits per heavy atom. The highest BCUT2D eigenvalue weighted by atomic mass is 35.5. The molecule has 0 aliphatic carbocycles. The van der Waals surface area contributed by atoms with Crippen LogP contribution in [-0.2, 0) is 16.6 Å². The molecule has 0 saturated heterocycles. The molecule has 1 aromatic heterocycles. The topological polar surface area (TPSA) is 90.0 Å². The lowest BCUT2D eigenvalue weighted by molar-refractivity contribution is 0.121. The molecule has 0 bridgehead atoms. The summed E-state index contributed by atoms with van der Waals surface area (Å²) in [5.41, 5.74) is 6.69. The molecule has 1 heterocycles. The van der Waals surface area contributed by atoms with E-state index in [2.05, 4.69) is 9.82 Å².